The van der Waals surface area contributed by atoms with Crippen LogP contribution in [0.1, 0.15) is 18.5 Å². The van der Waals surface area contributed by atoms with Crippen molar-refractivity contribution in [3.8, 4) is 11.4 Å². The lowest BCUT2D eigenvalue weighted by atomic mass is 9.92. The van der Waals surface area contributed by atoms with Gasteiger partial charge in [0.15, 0.2) is 6.61 Å². The summed E-state index contributed by atoms with van der Waals surface area (Å²) in [4.78, 5) is 17.6. The Hall–Kier alpha value is -4.46. The minimum atomic E-state index is -4.22. The lowest BCUT2D eigenvalue weighted by Gasteiger charge is -2.37. The molecule has 0 radical (unpaired) electrons. The van der Waals surface area contributed by atoms with E-state index in [4.69, 9.17) is 9.47 Å². The van der Waals surface area contributed by atoms with E-state index in [-0.39, 0.29) is 17.9 Å². The molecule has 2 aliphatic heterocycles. The van der Waals surface area contributed by atoms with Crippen LogP contribution >= 0.6 is 0 Å². The van der Waals surface area contributed by atoms with Crippen molar-refractivity contribution in [2.24, 2.45) is 0 Å². The van der Waals surface area contributed by atoms with Crippen molar-refractivity contribution in [3.63, 3.8) is 0 Å². The molecule has 0 unspecified atom stereocenters. The molecule has 0 spiro atoms. The number of hydrogen-bond donors (Lipinski definition) is 0. The Labute approximate surface area is 254 Å². The Morgan fingerprint density at radius 1 is 0.911 bits per heavy atom. The summed E-state index contributed by atoms with van der Waals surface area (Å²) < 4.78 is 92.0. The predicted octanol–water partition coefficient (Wildman–Crippen LogP) is 5.40. The van der Waals surface area contributed by atoms with Crippen LogP contribution < -0.4 is 20.2 Å². The van der Waals surface area contributed by atoms with Crippen molar-refractivity contribution in [1.82, 2.24) is 14.3 Å². The van der Waals surface area contributed by atoms with Gasteiger partial charge in [0.1, 0.15) is 29.3 Å². The van der Waals surface area contributed by atoms with Crippen LogP contribution in [-0.4, -0.2) is 66.1 Å². The molecule has 2 aliphatic rings. The summed E-state index contributed by atoms with van der Waals surface area (Å²) in [6.07, 6.45) is -2.40. The second kappa shape index (κ2) is 11.8. The number of ether oxygens (including phenoxy) is 2. The maximum Gasteiger partial charge on any atom is 0.350 e. The maximum atomic E-state index is 14.5. The quantitative estimate of drug-likeness (QED) is 0.172. The van der Waals surface area contributed by atoms with Gasteiger partial charge in [-0.25, -0.2) is 31.6 Å². The zero-order valence-electron chi connectivity index (χ0n) is 24.1. The molecular weight excluding hydrogens is 604 g/mol. The smallest absolute Gasteiger partial charge is 0.350 e. The molecule has 2 saturated heterocycles. The van der Waals surface area contributed by atoms with E-state index < -0.39 is 47.9 Å². The number of halogens is 6. The molecule has 2 fully saturated rings. The van der Waals surface area contributed by atoms with Crippen molar-refractivity contribution in [2.75, 3.05) is 49.2 Å². The largest absolute Gasteiger partial charge is 0.487 e. The molecule has 238 valence electrons. The van der Waals surface area contributed by atoms with Gasteiger partial charge in [0.2, 0.25) is 0 Å². The molecule has 0 amide bonds. The number of benzene rings is 3. The Morgan fingerprint density at radius 2 is 1.47 bits per heavy atom. The van der Waals surface area contributed by atoms with E-state index in [1.165, 1.54) is 33.8 Å². The van der Waals surface area contributed by atoms with E-state index in [9.17, 15) is 31.1 Å². The normalized spacial score (nSPS) is 19.2. The van der Waals surface area contributed by atoms with Gasteiger partial charge in [-0.15, -0.1) is 0 Å². The van der Waals surface area contributed by atoms with Crippen molar-refractivity contribution in [2.45, 2.75) is 30.9 Å². The van der Waals surface area contributed by atoms with E-state index >= 15 is 0 Å². The van der Waals surface area contributed by atoms with Gasteiger partial charge in [-0.1, -0.05) is 6.07 Å². The number of anilines is 2. The van der Waals surface area contributed by atoms with Crippen LogP contribution in [0.5, 0.6) is 5.75 Å². The van der Waals surface area contributed by atoms with Crippen LogP contribution in [0.25, 0.3) is 5.69 Å². The molecule has 6 rings (SSSR count). The molecule has 2 atom stereocenters. The molecule has 14 heteroatoms. The fraction of sp³-hybridized carbons (Fsp3) is 0.355. The van der Waals surface area contributed by atoms with Crippen LogP contribution in [0.3, 0.4) is 0 Å². The molecule has 4 aromatic rings. The standard InChI is InChI=1S/C31H29F6N5O3/c1-20(30(17-45-30)26-11-2-21(32)16-27(26)33)42-29(43)41(19-38-42)24-5-3-22(4-6-24)39-12-14-40(15-13-39)23-7-9-25(10-8-23)44-18-31(36,37)28(34)35/h2-11,16,19-20,28H,12-15,17-18H2,1H3/t20-,30+/m1/s1. The third-order valence-electron chi connectivity index (χ3n) is 8.30. The van der Waals surface area contributed by atoms with Gasteiger partial charge in [0.05, 0.1) is 18.3 Å². The first-order valence-electron chi connectivity index (χ1n) is 14.2. The Balaban J connectivity index is 1.07. The highest BCUT2D eigenvalue weighted by atomic mass is 19.3. The third kappa shape index (κ3) is 5.98. The predicted molar refractivity (Wildman–Crippen MR) is 154 cm³/mol. The second-order valence-electron chi connectivity index (χ2n) is 11.0. The second-order valence-corrected chi connectivity index (χ2v) is 11.0. The lowest BCUT2D eigenvalue weighted by molar-refractivity contribution is -0.148. The Morgan fingerprint density at radius 3 is 2.00 bits per heavy atom. The number of hydrogen-bond acceptors (Lipinski definition) is 6. The van der Waals surface area contributed by atoms with Crippen LogP contribution in [0.4, 0.5) is 37.7 Å². The molecule has 0 N–H and O–H groups in total. The average molecular weight is 634 g/mol. The molecule has 45 heavy (non-hydrogen) atoms. The monoisotopic (exact) mass is 633 g/mol. The molecule has 0 saturated carbocycles. The molecule has 8 nitrogen and oxygen atoms in total. The summed E-state index contributed by atoms with van der Waals surface area (Å²) in [6.45, 7) is 3.21. The first-order valence-corrected chi connectivity index (χ1v) is 14.2. The van der Waals surface area contributed by atoms with E-state index in [1.807, 2.05) is 12.1 Å². The van der Waals surface area contributed by atoms with Crippen LogP contribution in [0, 0.1) is 11.6 Å². The van der Waals surface area contributed by atoms with Gasteiger partial charge in [0.25, 0.3) is 0 Å². The molecule has 0 bridgehead atoms. The summed E-state index contributed by atoms with van der Waals surface area (Å²) in [7, 11) is 0. The van der Waals surface area contributed by atoms with Gasteiger partial charge in [0, 0.05) is 49.2 Å². The highest BCUT2D eigenvalue weighted by Gasteiger charge is 2.54. The SMILES string of the molecule is C[C@@H](n1ncn(-c2ccc(N3CCN(c4ccc(OCC(F)(F)C(F)F)cc4)CC3)cc2)c1=O)[C@]1(c2ccc(F)cc2F)CO1. The molecule has 3 aromatic carbocycles. The molecular formula is C31H29F6N5O3. The number of epoxide rings is 1. The average Bonchev–Trinajstić information content (AvgIpc) is 3.75. The van der Waals surface area contributed by atoms with Crippen molar-refractivity contribution in [3.05, 3.63) is 101 Å². The highest BCUT2D eigenvalue weighted by Crippen LogP contribution is 2.48. The summed E-state index contributed by atoms with van der Waals surface area (Å²) in [6, 6.07) is 16.4. The molecule has 3 heterocycles. The van der Waals surface area contributed by atoms with Gasteiger partial charge in [-0.05, 0) is 61.5 Å². The number of piperazine rings is 1. The maximum absolute atomic E-state index is 14.5. The number of alkyl halides is 4. The lowest BCUT2D eigenvalue weighted by Crippen LogP contribution is -2.46. The third-order valence-corrected chi connectivity index (χ3v) is 8.30. The minimum absolute atomic E-state index is 0.0825. The van der Waals surface area contributed by atoms with Gasteiger partial charge in [-0.3, -0.25) is 0 Å². The number of nitrogens with zero attached hydrogens (tertiary/aromatic N) is 5. The van der Waals surface area contributed by atoms with Gasteiger partial charge >= 0.3 is 18.0 Å². The zero-order valence-corrected chi connectivity index (χ0v) is 24.1. The Kier molecular flexibility index (Phi) is 8.02. The first kappa shape index (κ1) is 30.6. The minimum Gasteiger partial charge on any atom is -0.487 e. The van der Waals surface area contributed by atoms with Crippen molar-refractivity contribution >= 4 is 11.4 Å². The summed E-state index contributed by atoms with van der Waals surface area (Å²) in [5.41, 5.74) is 1.02. The van der Waals surface area contributed by atoms with Crippen LogP contribution in [0.15, 0.2) is 77.9 Å². The summed E-state index contributed by atoms with van der Waals surface area (Å²) >= 11 is 0. The number of rotatable bonds is 10. The Bertz CT molecular complexity index is 1700. The van der Waals surface area contributed by atoms with Crippen molar-refractivity contribution in [1.29, 1.82) is 0 Å². The van der Waals surface area contributed by atoms with Crippen LogP contribution in [-0.2, 0) is 10.3 Å². The van der Waals surface area contributed by atoms with E-state index in [1.54, 1.807) is 31.2 Å². The fourth-order valence-electron chi connectivity index (χ4n) is 5.53. The highest BCUT2D eigenvalue weighted by molar-refractivity contribution is 5.54. The molecule has 0 aliphatic carbocycles. The zero-order chi connectivity index (χ0) is 31.9. The summed E-state index contributed by atoms with van der Waals surface area (Å²) in [5, 5.41) is 4.26. The molecule has 1 aromatic heterocycles. The number of aromatic nitrogens is 3. The van der Waals surface area contributed by atoms with Gasteiger partial charge < -0.3 is 19.3 Å². The van der Waals surface area contributed by atoms with E-state index in [2.05, 4.69) is 14.9 Å². The van der Waals surface area contributed by atoms with E-state index in [0.717, 1.165) is 23.5 Å². The van der Waals surface area contributed by atoms with E-state index in [0.29, 0.717) is 31.9 Å². The fourth-order valence-corrected chi connectivity index (χ4v) is 5.53. The first-order chi connectivity index (χ1) is 21.5. The van der Waals surface area contributed by atoms with Crippen molar-refractivity contribution < 1.29 is 35.8 Å². The topological polar surface area (TPSA) is 68.1 Å². The summed E-state index contributed by atoms with van der Waals surface area (Å²) in [5.74, 6) is -5.58. The van der Waals surface area contributed by atoms with Crippen LogP contribution in [0.2, 0.25) is 0 Å². The van der Waals surface area contributed by atoms with Gasteiger partial charge in [-0.2, -0.15) is 13.9 Å².